The summed E-state index contributed by atoms with van der Waals surface area (Å²) in [7, 11) is 0. The van der Waals surface area contributed by atoms with Gasteiger partial charge in [-0.15, -0.1) is 0 Å². The van der Waals surface area contributed by atoms with Gasteiger partial charge in [0, 0.05) is 17.0 Å². The zero-order valence-electron chi connectivity index (χ0n) is 12.0. The molecule has 1 aromatic carbocycles. The number of ether oxygens (including phenoxy) is 1. The Labute approximate surface area is 120 Å². The summed E-state index contributed by atoms with van der Waals surface area (Å²) in [5.41, 5.74) is -0.496. The Hall–Kier alpha value is -2.56. The molecule has 0 aliphatic rings. The Balaban J connectivity index is 2.25. The fourth-order valence-electron chi connectivity index (χ4n) is 2.25. The largest absolute Gasteiger partial charge is 0.443 e. The molecule has 0 atom stereocenters. The van der Waals surface area contributed by atoms with Crippen LogP contribution in [-0.2, 0) is 4.74 Å². The Morgan fingerprint density at radius 3 is 2.57 bits per heavy atom. The summed E-state index contributed by atoms with van der Waals surface area (Å²) in [6.07, 6.45) is 0.933. The number of carbonyl (C=O) groups is 1. The molecule has 3 aromatic rings. The van der Waals surface area contributed by atoms with Gasteiger partial charge < -0.3 is 9.15 Å². The van der Waals surface area contributed by atoms with Gasteiger partial charge in [-0.2, -0.15) is 0 Å². The molecular weight excluding hydrogens is 270 g/mol. The first-order valence-electron chi connectivity index (χ1n) is 6.63. The third kappa shape index (κ3) is 2.31. The number of nitrogens with zero attached hydrogens (tertiary/aromatic N) is 1. The Morgan fingerprint density at radius 1 is 1.14 bits per heavy atom. The first kappa shape index (κ1) is 13.4. The Morgan fingerprint density at radius 2 is 1.86 bits per heavy atom. The molecular formula is C16H15NO4. The van der Waals surface area contributed by atoms with Crippen molar-refractivity contribution in [2.75, 3.05) is 0 Å². The summed E-state index contributed by atoms with van der Waals surface area (Å²) >= 11 is 0. The summed E-state index contributed by atoms with van der Waals surface area (Å²) in [6.45, 7) is 5.32. The van der Waals surface area contributed by atoms with Crippen LogP contribution in [0.4, 0.5) is 4.79 Å². The number of benzene rings is 1. The maximum atomic E-state index is 12.2. The lowest BCUT2D eigenvalue weighted by molar-refractivity contribution is 0.0543. The molecule has 5 heteroatoms. The van der Waals surface area contributed by atoms with Gasteiger partial charge in [0.1, 0.15) is 16.7 Å². The summed E-state index contributed by atoms with van der Waals surface area (Å²) in [6, 6.07) is 8.94. The molecule has 0 aliphatic carbocycles. The molecule has 2 aromatic heterocycles. The molecule has 108 valence electrons. The van der Waals surface area contributed by atoms with Crippen molar-refractivity contribution in [3.05, 3.63) is 46.9 Å². The second kappa shape index (κ2) is 4.48. The van der Waals surface area contributed by atoms with Crippen molar-refractivity contribution < 1.29 is 13.9 Å². The number of aromatic nitrogens is 1. The SMILES string of the molecule is CC(C)(C)OC(=O)n1ccc2c3ccccc3oc(=O)c21. The number of para-hydroxylation sites is 1. The van der Waals surface area contributed by atoms with Gasteiger partial charge in [0.2, 0.25) is 0 Å². The first-order valence-corrected chi connectivity index (χ1v) is 6.63. The van der Waals surface area contributed by atoms with E-state index in [1.165, 1.54) is 10.8 Å². The molecule has 0 aliphatic heterocycles. The van der Waals surface area contributed by atoms with Crippen LogP contribution < -0.4 is 5.63 Å². The van der Waals surface area contributed by atoms with Gasteiger partial charge in [-0.25, -0.2) is 14.2 Å². The molecule has 2 heterocycles. The lowest BCUT2D eigenvalue weighted by Crippen LogP contribution is -2.27. The molecule has 0 saturated heterocycles. The highest BCUT2D eigenvalue weighted by molar-refractivity contribution is 6.05. The quantitative estimate of drug-likeness (QED) is 0.593. The summed E-state index contributed by atoms with van der Waals surface area (Å²) in [4.78, 5) is 24.3. The first-order chi connectivity index (χ1) is 9.87. The van der Waals surface area contributed by atoms with E-state index in [-0.39, 0.29) is 5.52 Å². The molecule has 0 spiro atoms. The van der Waals surface area contributed by atoms with Crippen LogP contribution in [-0.4, -0.2) is 16.3 Å². The van der Waals surface area contributed by atoms with Crippen LogP contribution in [0.2, 0.25) is 0 Å². The van der Waals surface area contributed by atoms with Crippen LogP contribution in [0, 0.1) is 0 Å². The van der Waals surface area contributed by atoms with Gasteiger partial charge in [0.25, 0.3) is 0 Å². The minimum absolute atomic E-state index is 0.197. The average molecular weight is 285 g/mol. The zero-order valence-corrected chi connectivity index (χ0v) is 12.0. The minimum atomic E-state index is -0.634. The maximum Gasteiger partial charge on any atom is 0.419 e. The van der Waals surface area contributed by atoms with Crippen LogP contribution >= 0.6 is 0 Å². The number of rotatable bonds is 0. The third-order valence-corrected chi connectivity index (χ3v) is 3.05. The molecule has 0 unspecified atom stereocenters. The van der Waals surface area contributed by atoms with Crippen LogP contribution in [0.3, 0.4) is 0 Å². The highest BCUT2D eigenvalue weighted by Crippen LogP contribution is 2.24. The predicted molar refractivity (Wildman–Crippen MR) is 79.6 cm³/mol. The normalized spacial score (nSPS) is 12.0. The molecule has 0 bridgehead atoms. The van der Waals surface area contributed by atoms with Crippen molar-refractivity contribution in [1.82, 2.24) is 4.57 Å². The van der Waals surface area contributed by atoms with Crippen molar-refractivity contribution in [3.63, 3.8) is 0 Å². The topological polar surface area (TPSA) is 61.4 Å². The lowest BCUT2D eigenvalue weighted by Gasteiger charge is -2.19. The van der Waals surface area contributed by atoms with Crippen molar-refractivity contribution >= 4 is 28.0 Å². The molecule has 21 heavy (non-hydrogen) atoms. The maximum absolute atomic E-state index is 12.2. The molecule has 5 nitrogen and oxygen atoms in total. The van der Waals surface area contributed by atoms with E-state index >= 15 is 0 Å². The van der Waals surface area contributed by atoms with Crippen LogP contribution in [0.5, 0.6) is 0 Å². The van der Waals surface area contributed by atoms with E-state index in [2.05, 4.69) is 0 Å². The Kier molecular flexibility index (Phi) is 2.86. The molecule has 0 saturated carbocycles. The molecule has 0 amide bonds. The highest BCUT2D eigenvalue weighted by Gasteiger charge is 2.21. The number of fused-ring (bicyclic) bond motifs is 3. The lowest BCUT2D eigenvalue weighted by atomic mass is 10.2. The van der Waals surface area contributed by atoms with Gasteiger partial charge in [0.05, 0.1) is 0 Å². The minimum Gasteiger partial charge on any atom is -0.443 e. The fraction of sp³-hybridized carbons (Fsp3) is 0.250. The van der Waals surface area contributed by atoms with Gasteiger partial charge in [-0.1, -0.05) is 18.2 Å². The van der Waals surface area contributed by atoms with Crippen LogP contribution in [0.1, 0.15) is 20.8 Å². The van der Waals surface area contributed by atoms with Gasteiger partial charge in [-0.3, -0.25) is 0 Å². The van der Waals surface area contributed by atoms with Crippen LogP contribution in [0.25, 0.3) is 21.9 Å². The van der Waals surface area contributed by atoms with E-state index in [0.717, 1.165) is 5.39 Å². The summed E-state index contributed by atoms with van der Waals surface area (Å²) in [5.74, 6) is 0. The van der Waals surface area contributed by atoms with Crippen molar-refractivity contribution in [2.45, 2.75) is 26.4 Å². The van der Waals surface area contributed by atoms with Gasteiger partial charge >= 0.3 is 11.7 Å². The van der Waals surface area contributed by atoms with Crippen molar-refractivity contribution in [2.24, 2.45) is 0 Å². The summed E-state index contributed by atoms with van der Waals surface area (Å²) in [5, 5.41) is 1.46. The van der Waals surface area contributed by atoms with Gasteiger partial charge in [-0.05, 0) is 32.9 Å². The van der Waals surface area contributed by atoms with E-state index in [0.29, 0.717) is 11.0 Å². The smallest absolute Gasteiger partial charge is 0.419 e. The van der Waals surface area contributed by atoms with Crippen molar-refractivity contribution in [1.29, 1.82) is 0 Å². The second-order valence-corrected chi connectivity index (χ2v) is 5.81. The second-order valence-electron chi connectivity index (χ2n) is 5.81. The van der Waals surface area contributed by atoms with E-state index in [4.69, 9.17) is 9.15 Å². The fourth-order valence-corrected chi connectivity index (χ4v) is 2.25. The third-order valence-electron chi connectivity index (χ3n) is 3.05. The van der Waals surface area contributed by atoms with Crippen molar-refractivity contribution in [3.8, 4) is 0 Å². The Bertz CT molecular complexity index is 896. The number of hydrogen-bond donors (Lipinski definition) is 0. The average Bonchev–Trinajstić information content (AvgIpc) is 2.82. The number of hydrogen-bond acceptors (Lipinski definition) is 4. The summed E-state index contributed by atoms with van der Waals surface area (Å²) < 4.78 is 11.8. The monoisotopic (exact) mass is 285 g/mol. The molecule has 3 rings (SSSR count). The molecule has 0 radical (unpaired) electrons. The predicted octanol–water partition coefficient (Wildman–Crippen LogP) is 3.53. The van der Waals surface area contributed by atoms with Gasteiger partial charge in [0.15, 0.2) is 0 Å². The number of carbonyl (C=O) groups excluding carboxylic acids is 1. The van der Waals surface area contributed by atoms with E-state index < -0.39 is 17.3 Å². The van der Waals surface area contributed by atoms with E-state index in [1.54, 1.807) is 39.0 Å². The van der Waals surface area contributed by atoms with E-state index in [9.17, 15) is 9.59 Å². The van der Waals surface area contributed by atoms with Crippen LogP contribution in [0.15, 0.2) is 45.7 Å². The highest BCUT2D eigenvalue weighted by atomic mass is 16.6. The standard InChI is InChI=1S/C16H15NO4/c1-16(2,3)21-15(19)17-9-8-11-10-6-4-5-7-12(10)20-14(18)13(11)17/h4-9H,1-3H3. The molecule has 0 fully saturated rings. The van der Waals surface area contributed by atoms with E-state index in [1.807, 2.05) is 12.1 Å². The molecule has 0 N–H and O–H groups in total. The zero-order chi connectivity index (χ0) is 15.2.